The first kappa shape index (κ1) is 27.5. The van der Waals surface area contributed by atoms with Gasteiger partial charge in [0.15, 0.2) is 0 Å². The van der Waals surface area contributed by atoms with Gasteiger partial charge in [0, 0.05) is 37.2 Å². The summed E-state index contributed by atoms with van der Waals surface area (Å²) in [6.45, 7) is 3.33. The van der Waals surface area contributed by atoms with Crippen molar-refractivity contribution in [3.63, 3.8) is 0 Å². The van der Waals surface area contributed by atoms with Crippen LogP contribution >= 0.6 is 0 Å². The number of amides is 2. The first-order chi connectivity index (χ1) is 18.8. The van der Waals surface area contributed by atoms with Gasteiger partial charge in [-0.2, -0.15) is 13.2 Å². The van der Waals surface area contributed by atoms with Gasteiger partial charge in [-0.3, -0.25) is 9.59 Å². The Morgan fingerprint density at radius 1 is 0.923 bits per heavy atom. The number of carbonyl (C=O) groups is 2. The SMILES string of the molecule is O=C(c1ccc(C(F)(F)F)cc1)N1CCC2(CCCCOC[C@@H]3CCCN3C(=O)c3ccccc3OC2)CC1. The van der Waals surface area contributed by atoms with Gasteiger partial charge in [0.1, 0.15) is 5.75 Å². The van der Waals surface area contributed by atoms with Gasteiger partial charge in [-0.25, -0.2) is 0 Å². The number of carbonyl (C=O) groups excluding carboxylic acids is 2. The van der Waals surface area contributed by atoms with Crippen molar-refractivity contribution in [1.82, 2.24) is 9.80 Å². The number of fused-ring (bicyclic) bond motifs is 2. The minimum absolute atomic E-state index is 0.0280. The van der Waals surface area contributed by atoms with E-state index in [2.05, 4.69) is 0 Å². The second kappa shape index (κ2) is 11.6. The first-order valence-electron chi connectivity index (χ1n) is 13.8. The molecular weight excluding hydrogens is 509 g/mol. The monoisotopic (exact) mass is 544 g/mol. The van der Waals surface area contributed by atoms with E-state index >= 15 is 0 Å². The minimum atomic E-state index is -4.44. The van der Waals surface area contributed by atoms with Crippen LogP contribution in [0.2, 0.25) is 0 Å². The quantitative estimate of drug-likeness (QED) is 0.455. The third-order valence-corrected chi connectivity index (χ3v) is 8.42. The van der Waals surface area contributed by atoms with Gasteiger partial charge in [0.25, 0.3) is 11.8 Å². The molecule has 6 nitrogen and oxygen atoms in total. The van der Waals surface area contributed by atoms with E-state index in [-0.39, 0.29) is 28.8 Å². The number of alkyl halides is 3. The van der Waals surface area contributed by atoms with Crippen molar-refractivity contribution in [1.29, 1.82) is 0 Å². The average Bonchev–Trinajstić information content (AvgIpc) is 3.41. The Hall–Kier alpha value is -3.07. The predicted octanol–water partition coefficient (Wildman–Crippen LogP) is 5.81. The largest absolute Gasteiger partial charge is 0.492 e. The lowest BCUT2D eigenvalue weighted by Gasteiger charge is -2.42. The minimum Gasteiger partial charge on any atom is -0.492 e. The zero-order chi connectivity index (χ0) is 27.5. The first-order valence-corrected chi connectivity index (χ1v) is 13.8. The van der Waals surface area contributed by atoms with Crippen molar-refractivity contribution in [2.24, 2.45) is 5.41 Å². The van der Waals surface area contributed by atoms with Crippen LogP contribution in [-0.2, 0) is 10.9 Å². The Bertz CT molecular complexity index is 1160. The highest BCUT2D eigenvalue weighted by Gasteiger charge is 2.38. The number of likely N-dealkylation sites (tertiary alicyclic amines) is 1. The summed E-state index contributed by atoms with van der Waals surface area (Å²) < 4.78 is 51.1. The zero-order valence-corrected chi connectivity index (χ0v) is 22.0. The molecule has 3 aliphatic heterocycles. The Morgan fingerprint density at radius 3 is 2.41 bits per heavy atom. The van der Waals surface area contributed by atoms with E-state index in [1.165, 1.54) is 12.1 Å². The molecule has 2 fully saturated rings. The van der Waals surface area contributed by atoms with Crippen LogP contribution < -0.4 is 4.74 Å². The Kier molecular flexibility index (Phi) is 8.16. The Morgan fingerprint density at radius 2 is 1.67 bits per heavy atom. The fourth-order valence-electron chi connectivity index (χ4n) is 5.99. The zero-order valence-electron chi connectivity index (χ0n) is 22.0. The standard InChI is InChI=1S/C30H35F3N2O4/c31-30(32,33)23-11-9-22(10-12-23)27(36)34-17-14-29(15-18-34)13-3-4-19-38-20-24-6-5-16-35(24)28(37)25-7-1-2-8-26(25)39-21-29/h1-2,7-12,24H,3-6,13-21H2/t24-/m0/s1. The number of hydrogen-bond acceptors (Lipinski definition) is 4. The van der Waals surface area contributed by atoms with Crippen LogP contribution in [0.5, 0.6) is 5.75 Å². The van der Waals surface area contributed by atoms with Crippen molar-refractivity contribution >= 4 is 11.8 Å². The van der Waals surface area contributed by atoms with E-state index in [1.54, 1.807) is 4.90 Å². The number of hydrogen-bond donors (Lipinski definition) is 0. The molecule has 1 spiro atoms. The number of rotatable bonds is 1. The number of halogens is 3. The van der Waals surface area contributed by atoms with Crippen molar-refractivity contribution in [3.05, 3.63) is 65.2 Å². The summed E-state index contributed by atoms with van der Waals surface area (Å²) in [5.74, 6) is 0.290. The van der Waals surface area contributed by atoms with Crippen LogP contribution in [0.1, 0.15) is 71.2 Å². The highest BCUT2D eigenvalue weighted by atomic mass is 19.4. The third-order valence-electron chi connectivity index (χ3n) is 8.42. The lowest BCUT2D eigenvalue weighted by molar-refractivity contribution is -0.137. The van der Waals surface area contributed by atoms with Crippen LogP contribution in [0.3, 0.4) is 0 Å². The normalized spacial score (nSPS) is 22.5. The number of piperidine rings is 1. The molecular formula is C30H35F3N2O4. The predicted molar refractivity (Wildman–Crippen MR) is 140 cm³/mol. The van der Waals surface area contributed by atoms with Crippen LogP contribution in [0.15, 0.2) is 48.5 Å². The highest BCUT2D eigenvalue weighted by Crippen LogP contribution is 2.39. The molecule has 0 unspecified atom stereocenters. The molecule has 2 saturated heterocycles. The van der Waals surface area contributed by atoms with Crippen molar-refractivity contribution in [3.8, 4) is 5.75 Å². The maximum absolute atomic E-state index is 13.5. The van der Waals surface area contributed by atoms with Gasteiger partial charge >= 0.3 is 6.18 Å². The smallest absolute Gasteiger partial charge is 0.416 e. The van der Waals surface area contributed by atoms with Crippen LogP contribution in [0, 0.1) is 5.41 Å². The number of ether oxygens (including phenoxy) is 2. The van der Waals surface area contributed by atoms with Gasteiger partial charge in [-0.1, -0.05) is 18.6 Å². The Balaban J connectivity index is 1.29. The molecule has 9 heteroatoms. The van der Waals surface area contributed by atoms with Gasteiger partial charge < -0.3 is 19.3 Å². The summed E-state index contributed by atoms with van der Waals surface area (Å²) in [6, 6.07) is 11.9. The molecule has 0 bridgehead atoms. The highest BCUT2D eigenvalue weighted by molar-refractivity contribution is 5.97. The molecule has 0 aromatic heterocycles. The lowest BCUT2D eigenvalue weighted by Crippen LogP contribution is -2.45. The summed E-state index contributed by atoms with van der Waals surface area (Å²) in [6.07, 6.45) is 1.68. The molecule has 2 aromatic rings. The molecule has 5 rings (SSSR count). The van der Waals surface area contributed by atoms with E-state index < -0.39 is 11.7 Å². The fraction of sp³-hybridized carbons (Fsp3) is 0.533. The average molecular weight is 545 g/mol. The van der Waals surface area contributed by atoms with E-state index in [9.17, 15) is 22.8 Å². The van der Waals surface area contributed by atoms with Gasteiger partial charge in [-0.05, 0) is 74.9 Å². The summed E-state index contributed by atoms with van der Waals surface area (Å²) in [5.41, 5.74) is -0.123. The second-order valence-electron chi connectivity index (χ2n) is 11.0. The molecule has 39 heavy (non-hydrogen) atoms. The van der Waals surface area contributed by atoms with E-state index in [4.69, 9.17) is 9.47 Å². The number of nitrogens with zero attached hydrogens (tertiary/aromatic N) is 2. The lowest BCUT2D eigenvalue weighted by atomic mass is 9.75. The third kappa shape index (κ3) is 6.24. The Labute approximate surface area is 227 Å². The molecule has 0 aliphatic carbocycles. The number of para-hydroxylation sites is 1. The second-order valence-corrected chi connectivity index (χ2v) is 11.0. The van der Waals surface area contributed by atoms with Gasteiger partial charge in [0.05, 0.1) is 30.4 Å². The van der Waals surface area contributed by atoms with Crippen LogP contribution in [0.25, 0.3) is 0 Å². The summed E-state index contributed by atoms with van der Waals surface area (Å²) >= 11 is 0. The van der Waals surface area contributed by atoms with E-state index in [0.717, 1.165) is 44.2 Å². The maximum Gasteiger partial charge on any atom is 0.416 e. The summed E-state index contributed by atoms with van der Waals surface area (Å²) in [4.78, 5) is 30.2. The molecule has 0 radical (unpaired) electrons. The summed E-state index contributed by atoms with van der Waals surface area (Å²) in [7, 11) is 0. The van der Waals surface area contributed by atoms with Gasteiger partial charge in [-0.15, -0.1) is 0 Å². The van der Waals surface area contributed by atoms with Gasteiger partial charge in [0.2, 0.25) is 0 Å². The maximum atomic E-state index is 13.5. The van der Waals surface area contributed by atoms with Crippen molar-refractivity contribution in [2.45, 2.75) is 57.2 Å². The van der Waals surface area contributed by atoms with E-state index in [1.807, 2.05) is 29.2 Å². The fourth-order valence-corrected chi connectivity index (χ4v) is 5.99. The van der Waals surface area contributed by atoms with Crippen LogP contribution in [-0.4, -0.2) is 67.1 Å². The van der Waals surface area contributed by atoms with Crippen molar-refractivity contribution < 1.29 is 32.2 Å². The molecule has 0 saturated carbocycles. The molecule has 3 heterocycles. The molecule has 1 atom stereocenters. The molecule has 0 N–H and O–H groups in total. The van der Waals surface area contributed by atoms with Crippen LogP contribution in [0.4, 0.5) is 13.2 Å². The molecule has 3 aliphatic rings. The van der Waals surface area contributed by atoms with E-state index in [0.29, 0.717) is 63.6 Å². The summed E-state index contributed by atoms with van der Waals surface area (Å²) in [5, 5.41) is 0. The molecule has 210 valence electrons. The molecule has 2 amide bonds. The van der Waals surface area contributed by atoms with Crippen molar-refractivity contribution in [2.75, 3.05) is 39.5 Å². The molecule has 2 aromatic carbocycles. The number of benzene rings is 2. The topological polar surface area (TPSA) is 59.1 Å².